The molecule has 0 radical (unpaired) electrons. The van der Waals surface area contributed by atoms with Gasteiger partial charge in [0.25, 0.3) is 0 Å². The Bertz CT molecular complexity index is 1050. The maximum Gasteiger partial charge on any atom is 0.354 e. The highest BCUT2D eigenvalue weighted by molar-refractivity contribution is 9.10. The van der Waals surface area contributed by atoms with Crippen LogP contribution in [0.3, 0.4) is 0 Å². The highest BCUT2D eigenvalue weighted by atomic mass is 79.9. The molecule has 1 aromatic heterocycles. The zero-order valence-corrected chi connectivity index (χ0v) is 14.3. The molecule has 0 amide bonds. The third-order valence-electron chi connectivity index (χ3n) is 3.27. The smallest absolute Gasteiger partial charge is 0.354 e. The predicted molar refractivity (Wildman–Crippen MR) is 89.2 cm³/mol. The van der Waals surface area contributed by atoms with E-state index in [-0.39, 0.29) is 20.7 Å². The Morgan fingerprint density at radius 2 is 1.70 bits per heavy atom. The van der Waals surface area contributed by atoms with Gasteiger partial charge >= 0.3 is 15.7 Å². The molecule has 7 heteroatoms. The van der Waals surface area contributed by atoms with E-state index in [0.29, 0.717) is 10.9 Å². The number of rotatable bonds is 3. The van der Waals surface area contributed by atoms with Gasteiger partial charge in [-0.2, -0.15) is 8.42 Å². The van der Waals surface area contributed by atoms with Crippen molar-refractivity contribution in [3.05, 3.63) is 69.0 Å². The van der Waals surface area contributed by atoms with Crippen LogP contribution in [0.5, 0.6) is 5.75 Å². The minimum Gasteiger partial charge on any atom is -0.422 e. The molecule has 118 valence electrons. The molecule has 3 rings (SSSR count). The van der Waals surface area contributed by atoms with Gasteiger partial charge in [0.05, 0.1) is 5.39 Å². The van der Waals surface area contributed by atoms with Crippen molar-refractivity contribution >= 4 is 37.0 Å². The zero-order chi connectivity index (χ0) is 16.6. The van der Waals surface area contributed by atoms with E-state index in [0.717, 1.165) is 0 Å². The summed E-state index contributed by atoms with van der Waals surface area (Å²) in [6.07, 6.45) is 0. The largest absolute Gasteiger partial charge is 0.422 e. The summed E-state index contributed by atoms with van der Waals surface area (Å²) in [5, 5.41) is 0.385. The molecule has 0 unspecified atom stereocenters. The van der Waals surface area contributed by atoms with Crippen LogP contribution in [0.4, 0.5) is 0 Å². The summed E-state index contributed by atoms with van der Waals surface area (Å²) in [7, 11) is -4.09. The third kappa shape index (κ3) is 2.89. The lowest BCUT2D eigenvalue weighted by Gasteiger charge is -2.11. The number of fused-ring (bicyclic) bond motifs is 1. The van der Waals surface area contributed by atoms with Gasteiger partial charge in [-0.25, -0.2) is 4.79 Å². The van der Waals surface area contributed by atoms with Crippen LogP contribution in [-0.2, 0) is 10.1 Å². The molecule has 0 spiro atoms. The maximum absolute atomic E-state index is 12.6. The second-order valence-electron chi connectivity index (χ2n) is 4.83. The fourth-order valence-corrected chi connectivity index (χ4v) is 3.84. The Morgan fingerprint density at radius 3 is 2.43 bits per heavy atom. The topological polar surface area (TPSA) is 73.6 Å². The first-order valence-corrected chi connectivity index (χ1v) is 8.82. The van der Waals surface area contributed by atoms with E-state index in [4.69, 9.17) is 8.60 Å². The molecular formula is C16H11BrO5S. The summed E-state index contributed by atoms with van der Waals surface area (Å²) < 4.78 is 35.4. The summed E-state index contributed by atoms with van der Waals surface area (Å²) in [5.41, 5.74) is 0.0882. The Balaban J connectivity index is 2.21. The standard InChI is InChI=1S/C16H11BrO5S/c1-10-6-2-5-9-13(10)23(19,20)22-15-11-7-3-4-8-12(11)21-16(18)14(15)17/h2-9H,1H3. The first kappa shape index (κ1) is 15.8. The number of hydrogen-bond acceptors (Lipinski definition) is 5. The molecule has 0 aliphatic carbocycles. The van der Waals surface area contributed by atoms with E-state index in [2.05, 4.69) is 15.9 Å². The van der Waals surface area contributed by atoms with E-state index in [1.807, 2.05) is 0 Å². The molecule has 23 heavy (non-hydrogen) atoms. The lowest BCUT2D eigenvalue weighted by atomic mass is 10.2. The minimum atomic E-state index is -4.09. The van der Waals surface area contributed by atoms with E-state index in [1.54, 1.807) is 49.4 Å². The average molecular weight is 395 g/mol. The van der Waals surface area contributed by atoms with Crippen LogP contribution in [-0.4, -0.2) is 8.42 Å². The molecule has 0 saturated heterocycles. The lowest BCUT2D eigenvalue weighted by molar-refractivity contribution is 0.478. The molecule has 0 bridgehead atoms. The molecule has 0 saturated carbocycles. The minimum absolute atomic E-state index is 0.0456. The second kappa shape index (κ2) is 5.82. The van der Waals surface area contributed by atoms with Gasteiger partial charge in [-0.3, -0.25) is 0 Å². The molecule has 0 atom stereocenters. The number of aryl methyl sites for hydroxylation is 1. The van der Waals surface area contributed by atoms with Crippen molar-refractivity contribution in [3.8, 4) is 5.75 Å². The van der Waals surface area contributed by atoms with Crippen molar-refractivity contribution in [2.75, 3.05) is 0 Å². The third-order valence-corrected chi connectivity index (χ3v) is 5.34. The van der Waals surface area contributed by atoms with Crippen LogP contribution >= 0.6 is 15.9 Å². The van der Waals surface area contributed by atoms with Gasteiger partial charge in [0.1, 0.15) is 15.0 Å². The van der Waals surface area contributed by atoms with Crippen LogP contribution in [0, 0.1) is 6.92 Å². The SMILES string of the molecule is Cc1ccccc1S(=O)(=O)Oc1c(Br)c(=O)oc2ccccc12. The molecule has 3 aromatic rings. The van der Waals surface area contributed by atoms with E-state index in [9.17, 15) is 13.2 Å². The van der Waals surface area contributed by atoms with Gasteiger partial charge in [0, 0.05) is 0 Å². The molecule has 1 heterocycles. The van der Waals surface area contributed by atoms with Gasteiger partial charge in [-0.15, -0.1) is 0 Å². The first-order valence-electron chi connectivity index (χ1n) is 6.61. The Morgan fingerprint density at radius 1 is 1.04 bits per heavy atom. The van der Waals surface area contributed by atoms with Crippen LogP contribution in [0.1, 0.15) is 5.56 Å². The van der Waals surface area contributed by atoms with Crippen molar-refractivity contribution in [1.29, 1.82) is 0 Å². The zero-order valence-electron chi connectivity index (χ0n) is 11.9. The van der Waals surface area contributed by atoms with Gasteiger partial charge in [0.15, 0.2) is 5.75 Å². The summed E-state index contributed by atoms with van der Waals surface area (Å²) in [4.78, 5) is 11.9. The van der Waals surface area contributed by atoms with Crippen molar-refractivity contribution in [3.63, 3.8) is 0 Å². The molecule has 0 aliphatic heterocycles. The van der Waals surface area contributed by atoms with Gasteiger partial charge in [0.2, 0.25) is 0 Å². The van der Waals surface area contributed by atoms with Crippen LogP contribution in [0.2, 0.25) is 0 Å². The normalized spacial score (nSPS) is 11.6. The molecule has 0 N–H and O–H groups in total. The molecule has 5 nitrogen and oxygen atoms in total. The Hall–Kier alpha value is -2.12. The number of benzene rings is 2. The number of para-hydroxylation sites is 1. The van der Waals surface area contributed by atoms with Crippen LogP contribution in [0.15, 0.2) is 67.1 Å². The maximum atomic E-state index is 12.6. The summed E-state index contributed by atoms with van der Waals surface area (Å²) in [5.74, 6) is -0.0832. The summed E-state index contributed by atoms with van der Waals surface area (Å²) in [6.45, 7) is 1.67. The highest BCUT2D eigenvalue weighted by Crippen LogP contribution is 2.33. The predicted octanol–water partition coefficient (Wildman–Crippen LogP) is 3.63. The quantitative estimate of drug-likeness (QED) is 0.500. The monoisotopic (exact) mass is 394 g/mol. The fourth-order valence-electron chi connectivity index (χ4n) is 2.17. The Kier molecular flexibility index (Phi) is 3.99. The number of halogens is 1. The highest BCUT2D eigenvalue weighted by Gasteiger charge is 2.23. The summed E-state index contributed by atoms with van der Waals surface area (Å²) in [6, 6.07) is 13.0. The molecule has 0 fully saturated rings. The first-order chi connectivity index (χ1) is 10.9. The fraction of sp³-hybridized carbons (Fsp3) is 0.0625. The Labute approximate surface area is 140 Å². The van der Waals surface area contributed by atoms with Crippen LogP contribution < -0.4 is 9.81 Å². The van der Waals surface area contributed by atoms with Crippen LogP contribution in [0.25, 0.3) is 11.0 Å². The van der Waals surface area contributed by atoms with E-state index < -0.39 is 15.7 Å². The molecule has 0 aliphatic rings. The van der Waals surface area contributed by atoms with Crippen molar-refractivity contribution in [2.24, 2.45) is 0 Å². The van der Waals surface area contributed by atoms with Crippen molar-refractivity contribution < 1.29 is 17.0 Å². The van der Waals surface area contributed by atoms with Gasteiger partial charge in [-0.1, -0.05) is 30.3 Å². The van der Waals surface area contributed by atoms with Gasteiger partial charge < -0.3 is 8.60 Å². The summed E-state index contributed by atoms with van der Waals surface area (Å²) >= 11 is 3.05. The molecule has 2 aromatic carbocycles. The number of hydrogen-bond donors (Lipinski definition) is 0. The molecular weight excluding hydrogens is 384 g/mol. The van der Waals surface area contributed by atoms with E-state index in [1.165, 1.54) is 6.07 Å². The van der Waals surface area contributed by atoms with Crippen molar-refractivity contribution in [2.45, 2.75) is 11.8 Å². The van der Waals surface area contributed by atoms with Crippen molar-refractivity contribution in [1.82, 2.24) is 0 Å². The second-order valence-corrected chi connectivity index (χ2v) is 7.14. The van der Waals surface area contributed by atoms with E-state index >= 15 is 0 Å². The van der Waals surface area contributed by atoms with Gasteiger partial charge in [-0.05, 0) is 46.6 Å². The lowest BCUT2D eigenvalue weighted by Crippen LogP contribution is -2.14. The average Bonchev–Trinajstić information content (AvgIpc) is 2.52.